The van der Waals surface area contributed by atoms with E-state index in [-0.39, 0.29) is 0 Å². The molecule has 2 aliphatic rings. The number of hydrogen-bond donors (Lipinski definition) is 0. The molecule has 2 fully saturated rings. The average Bonchev–Trinajstić information content (AvgIpc) is 3.00. The molecule has 2 aromatic rings. The van der Waals surface area contributed by atoms with E-state index in [0.717, 1.165) is 55.3 Å². The van der Waals surface area contributed by atoms with Crippen LogP contribution in [0.5, 0.6) is 0 Å². The van der Waals surface area contributed by atoms with Crippen LogP contribution in [0.2, 0.25) is 0 Å². The molecule has 0 amide bonds. The normalized spacial score (nSPS) is 19.8. The quantitative estimate of drug-likeness (QED) is 0.714. The summed E-state index contributed by atoms with van der Waals surface area (Å²) in [5, 5.41) is 9.81. The largest absolute Gasteiger partial charge is 0.305 e. The maximum Gasteiger partial charge on any atom is 0.0998 e. The van der Waals surface area contributed by atoms with Gasteiger partial charge in [-0.3, -0.25) is 9.80 Å². The van der Waals surface area contributed by atoms with Crippen LogP contribution in [-0.4, -0.2) is 61.0 Å². The van der Waals surface area contributed by atoms with Crippen LogP contribution in [0.25, 0.3) is 11.1 Å². The molecule has 2 heterocycles. The van der Waals surface area contributed by atoms with E-state index < -0.39 is 0 Å². The van der Waals surface area contributed by atoms with Gasteiger partial charge in [-0.15, -0.1) is 0 Å². The molecular formula is C27H36N4. The fourth-order valence-corrected chi connectivity index (χ4v) is 4.82. The van der Waals surface area contributed by atoms with E-state index >= 15 is 0 Å². The third-order valence-electron chi connectivity index (χ3n) is 6.97. The number of hydrogen-bond acceptors (Lipinski definition) is 4. The molecule has 0 aliphatic carbocycles. The summed E-state index contributed by atoms with van der Waals surface area (Å²) in [6.07, 6.45) is 3.83. The highest BCUT2D eigenvalue weighted by atomic mass is 15.2. The highest BCUT2D eigenvalue weighted by Gasteiger charge is 2.16. The summed E-state index contributed by atoms with van der Waals surface area (Å²) in [7, 11) is 2.20. The Hall–Kier alpha value is -2.19. The van der Waals surface area contributed by atoms with Crippen molar-refractivity contribution in [2.75, 3.05) is 46.3 Å². The van der Waals surface area contributed by atoms with Crippen LogP contribution in [0, 0.1) is 17.2 Å². The van der Waals surface area contributed by atoms with Crippen LogP contribution in [0.15, 0.2) is 42.5 Å². The summed E-state index contributed by atoms with van der Waals surface area (Å²) in [6.45, 7) is 11.2. The minimum Gasteiger partial charge on any atom is -0.305 e. The molecule has 0 atom stereocenters. The van der Waals surface area contributed by atoms with Crippen molar-refractivity contribution in [1.29, 1.82) is 5.26 Å². The molecule has 2 aliphatic heterocycles. The first kappa shape index (κ1) is 22.0. The van der Waals surface area contributed by atoms with E-state index in [9.17, 15) is 5.26 Å². The van der Waals surface area contributed by atoms with Gasteiger partial charge < -0.3 is 4.90 Å². The second-order valence-corrected chi connectivity index (χ2v) is 9.58. The highest BCUT2D eigenvalue weighted by Crippen LogP contribution is 2.26. The van der Waals surface area contributed by atoms with Crippen molar-refractivity contribution in [2.24, 2.45) is 5.92 Å². The van der Waals surface area contributed by atoms with Gasteiger partial charge in [-0.05, 0) is 86.7 Å². The van der Waals surface area contributed by atoms with Gasteiger partial charge in [-0.2, -0.15) is 5.26 Å². The monoisotopic (exact) mass is 416 g/mol. The van der Waals surface area contributed by atoms with Crippen molar-refractivity contribution < 1.29 is 0 Å². The predicted octanol–water partition coefficient (Wildman–Crippen LogP) is 4.59. The Labute approximate surface area is 188 Å². The first-order chi connectivity index (χ1) is 15.1. The second kappa shape index (κ2) is 10.4. The molecule has 0 aromatic heterocycles. The standard InChI is InChI=1S/C27H36N4/c1-22-10-14-31(15-11-22)20-23-4-7-25(8-5-23)27-9-6-24(18-26(27)19-28)21-30-13-3-12-29(2)16-17-30/h4-9,18,22H,3,10-17,20-21H2,1-2H3. The molecule has 4 nitrogen and oxygen atoms in total. The van der Waals surface area contributed by atoms with Crippen molar-refractivity contribution in [2.45, 2.75) is 39.3 Å². The molecule has 4 rings (SSSR count). The van der Waals surface area contributed by atoms with Crippen LogP contribution in [-0.2, 0) is 13.1 Å². The lowest BCUT2D eigenvalue weighted by atomic mass is 9.96. The van der Waals surface area contributed by atoms with Crippen LogP contribution in [0.4, 0.5) is 0 Å². The molecule has 0 radical (unpaired) electrons. The zero-order valence-electron chi connectivity index (χ0n) is 19.2. The molecule has 164 valence electrons. The molecule has 2 aromatic carbocycles. The van der Waals surface area contributed by atoms with E-state index in [1.54, 1.807) is 0 Å². The second-order valence-electron chi connectivity index (χ2n) is 9.58. The molecule has 31 heavy (non-hydrogen) atoms. The van der Waals surface area contributed by atoms with E-state index in [2.05, 4.69) is 77.2 Å². The summed E-state index contributed by atoms with van der Waals surface area (Å²) in [5.41, 5.74) is 5.55. The molecule has 0 saturated carbocycles. The number of rotatable bonds is 5. The molecule has 0 N–H and O–H groups in total. The van der Waals surface area contributed by atoms with Gasteiger partial charge in [0, 0.05) is 26.2 Å². The maximum atomic E-state index is 9.81. The highest BCUT2D eigenvalue weighted by molar-refractivity contribution is 5.71. The van der Waals surface area contributed by atoms with Crippen LogP contribution < -0.4 is 0 Å². The van der Waals surface area contributed by atoms with Crippen LogP contribution >= 0.6 is 0 Å². The van der Waals surface area contributed by atoms with E-state index in [0.29, 0.717) is 0 Å². The van der Waals surface area contributed by atoms with Gasteiger partial charge in [0.05, 0.1) is 11.6 Å². The van der Waals surface area contributed by atoms with E-state index in [1.807, 2.05) is 0 Å². The Bertz CT molecular complexity index is 890. The van der Waals surface area contributed by atoms with Gasteiger partial charge in [0.1, 0.15) is 0 Å². The molecule has 0 spiro atoms. The van der Waals surface area contributed by atoms with Gasteiger partial charge >= 0.3 is 0 Å². The predicted molar refractivity (Wildman–Crippen MR) is 128 cm³/mol. The smallest absolute Gasteiger partial charge is 0.0998 e. The van der Waals surface area contributed by atoms with Gasteiger partial charge in [0.25, 0.3) is 0 Å². The van der Waals surface area contributed by atoms with Crippen molar-refractivity contribution in [3.63, 3.8) is 0 Å². The third kappa shape index (κ3) is 5.95. The first-order valence-electron chi connectivity index (χ1n) is 11.9. The molecule has 4 heteroatoms. The minimum absolute atomic E-state index is 0.780. The fraction of sp³-hybridized carbons (Fsp3) is 0.519. The van der Waals surface area contributed by atoms with Crippen LogP contribution in [0.3, 0.4) is 0 Å². The first-order valence-corrected chi connectivity index (χ1v) is 11.9. The summed E-state index contributed by atoms with van der Waals surface area (Å²) in [5.74, 6) is 0.867. The number of likely N-dealkylation sites (tertiary alicyclic amines) is 1. The Morgan fingerprint density at radius 3 is 2.26 bits per heavy atom. The topological polar surface area (TPSA) is 33.5 Å². The van der Waals surface area contributed by atoms with E-state index in [1.165, 1.54) is 50.0 Å². The SMILES string of the molecule is CC1CCN(Cc2ccc(-c3ccc(CN4CCCN(C)CC4)cc3C#N)cc2)CC1. The fourth-order valence-electron chi connectivity index (χ4n) is 4.82. The Kier molecular flexibility index (Phi) is 7.40. The van der Waals surface area contributed by atoms with Gasteiger partial charge in [0.2, 0.25) is 0 Å². The minimum atomic E-state index is 0.780. The summed E-state index contributed by atoms with van der Waals surface area (Å²) < 4.78 is 0. The van der Waals surface area contributed by atoms with E-state index in [4.69, 9.17) is 0 Å². The average molecular weight is 417 g/mol. The number of piperidine rings is 1. The van der Waals surface area contributed by atoms with Crippen molar-refractivity contribution >= 4 is 0 Å². The van der Waals surface area contributed by atoms with Gasteiger partial charge in [-0.25, -0.2) is 0 Å². The summed E-state index contributed by atoms with van der Waals surface area (Å²) in [4.78, 5) is 7.47. The van der Waals surface area contributed by atoms with Crippen molar-refractivity contribution in [1.82, 2.24) is 14.7 Å². The lowest BCUT2D eigenvalue weighted by molar-refractivity contribution is 0.185. The zero-order valence-corrected chi connectivity index (χ0v) is 19.2. The zero-order chi connectivity index (χ0) is 21.6. The number of benzene rings is 2. The number of nitriles is 1. The molecular weight excluding hydrogens is 380 g/mol. The van der Waals surface area contributed by atoms with Crippen molar-refractivity contribution in [3.8, 4) is 17.2 Å². The lowest BCUT2D eigenvalue weighted by Crippen LogP contribution is -2.32. The lowest BCUT2D eigenvalue weighted by Gasteiger charge is -2.30. The number of likely N-dealkylation sites (N-methyl/N-ethyl adjacent to an activating group) is 1. The molecule has 0 unspecified atom stereocenters. The maximum absolute atomic E-state index is 9.81. The Morgan fingerprint density at radius 1 is 0.839 bits per heavy atom. The Morgan fingerprint density at radius 2 is 1.52 bits per heavy atom. The number of nitrogens with zero attached hydrogens (tertiary/aromatic N) is 4. The van der Waals surface area contributed by atoms with Crippen LogP contribution in [0.1, 0.15) is 42.9 Å². The summed E-state index contributed by atoms with van der Waals surface area (Å²) in [6, 6.07) is 17.7. The van der Waals surface area contributed by atoms with Gasteiger partial charge in [-0.1, -0.05) is 43.3 Å². The Balaban J connectivity index is 1.42. The summed E-state index contributed by atoms with van der Waals surface area (Å²) >= 11 is 0. The molecule has 0 bridgehead atoms. The molecule has 2 saturated heterocycles. The van der Waals surface area contributed by atoms with Gasteiger partial charge in [0.15, 0.2) is 0 Å². The third-order valence-corrected chi connectivity index (χ3v) is 6.97. The van der Waals surface area contributed by atoms with Crippen molar-refractivity contribution in [3.05, 3.63) is 59.2 Å².